The van der Waals surface area contributed by atoms with Gasteiger partial charge in [0, 0.05) is 7.05 Å². The molecule has 0 unspecified atom stereocenters. The van der Waals surface area contributed by atoms with Crippen LogP contribution in [0.4, 0.5) is 10.5 Å². The second kappa shape index (κ2) is 8.43. The summed E-state index contributed by atoms with van der Waals surface area (Å²) in [5.41, 5.74) is 1.43. The molecule has 0 bridgehead atoms. The number of hydrogen-bond acceptors (Lipinski definition) is 6. The fraction of sp³-hybridized carbons (Fsp3) is 0.174. The summed E-state index contributed by atoms with van der Waals surface area (Å²) in [4.78, 5) is 40.4. The predicted octanol–water partition coefficient (Wildman–Crippen LogP) is 3.74. The van der Waals surface area contributed by atoms with Gasteiger partial charge in [-0.3, -0.25) is 19.1 Å². The summed E-state index contributed by atoms with van der Waals surface area (Å²) in [6.45, 7) is 1.71. The Kier molecular flexibility index (Phi) is 5.67. The Bertz CT molecular complexity index is 1310. The molecule has 3 aromatic rings. The number of methoxy groups -OCH3 is 2. The van der Waals surface area contributed by atoms with Gasteiger partial charge in [0.15, 0.2) is 11.5 Å². The van der Waals surface area contributed by atoms with E-state index in [1.165, 1.54) is 18.9 Å². The number of aromatic nitrogens is 2. The average molecular weight is 452 g/mol. The van der Waals surface area contributed by atoms with Crippen molar-refractivity contribution in [2.75, 3.05) is 19.1 Å². The first-order chi connectivity index (χ1) is 15.4. The third-order valence-electron chi connectivity index (χ3n) is 5.25. The first kappa shape index (κ1) is 21.5. The van der Waals surface area contributed by atoms with Gasteiger partial charge in [-0.1, -0.05) is 24.3 Å². The molecule has 0 N–H and O–H groups in total. The number of hydrogen-bond donors (Lipinski definition) is 0. The van der Waals surface area contributed by atoms with Gasteiger partial charge in [-0.15, -0.1) is 0 Å². The van der Waals surface area contributed by atoms with Crippen LogP contribution in [0.25, 0.3) is 11.8 Å². The molecule has 0 aliphatic carbocycles. The Morgan fingerprint density at radius 1 is 0.938 bits per heavy atom. The maximum atomic E-state index is 13.2. The Morgan fingerprint density at radius 3 is 2.28 bits per heavy atom. The zero-order valence-corrected chi connectivity index (χ0v) is 18.8. The molecule has 0 saturated carbocycles. The van der Waals surface area contributed by atoms with Crippen molar-refractivity contribution in [3.05, 3.63) is 75.0 Å². The first-order valence-corrected chi connectivity index (χ1v) is 10.5. The van der Waals surface area contributed by atoms with Crippen LogP contribution in [0.3, 0.4) is 0 Å². The molecule has 1 aliphatic rings. The van der Waals surface area contributed by atoms with Gasteiger partial charge in [0.2, 0.25) is 0 Å². The molecule has 1 aromatic heterocycles. The maximum Gasteiger partial charge on any atom is 0.298 e. The van der Waals surface area contributed by atoms with Gasteiger partial charge in [-0.2, -0.15) is 0 Å². The molecule has 1 fully saturated rings. The fourth-order valence-corrected chi connectivity index (χ4v) is 4.39. The third-order valence-corrected chi connectivity index (χ3v) is 6.12. The Labute approximate surface area is 188 Å². The van der Waals surface area contributed by atoms with E-state index in [9.17, 15) is 14.4 Å². The quantitative estimate of drug-likeness (QED) is 0.550. The van der Waals surface area contributed by atoms with E-state index in [1.54, 1.807) is 55.1 Å². The number of imide groups is 1. The van der Waals surface area contributed by atoms with Crippen LogP contribution in [-0.2, 0) is 11.8 Å². The molecule has 4 rings (SSSR count). The molecule has 32 heavy (non-hydrogen) atoms. The van der Waals surface area contributed by atoms with E-state index in [1.807, 2.05) is 18.2 Å². The monoisotopic (exact) mass is 451 g/mol. The van der Waals surface area contributed by atoms with Crippen molar-refractivity contribution in [3.63, 3.8) is 0 Å². The first-order valence-electron chi connectivity index (χ1n) is 9.71. The molecule has 2 aromatic carbocycles. The highest BCUT2D eigenvalue weighted by atomic mass is 32.2. The summed E-state index contributed by atoms with van der Waals surface area (Å²) in [5.74, 6) is 0.519. The van der Waals surface area contributed by atoms with Crippen molar-refractivity contribution in [2.24, 2.45) is 7.05 Å². The standard InChI is InChI=1S/C23H21N3O5S/c1-14-20(22(28)26(24(14)2)16-8-6-5-7-9-16)25-21(27)19(32-23(25)29)13-15-10-11-17(30-3)18(12-15)31-4/h5-13H,1-4H3. The largest absolute Gasteiger partial charge is 0.493 e. The van der Waals surface area contributed by atoms with Crippen LogP contribution in [0.1, 0.15) is 11.3 Å². The summed E-state index contributed by atoms with van der Waals surface area (Å²) in [7, 11) is 4.77. The normalized spacial score (nSPS) is 15.0. The second-order valence-corrected chi connectivity index (χ2v) is 8.03. The third kappa shape index (κ3) is 3.50. The van der Waals surface area contributed by atoms with E-state index in [0.29, 0.717) is 28.4 Å². The molecule has 2 heterocycles. The van der Waals surface area contributed by atoms with Crippen molar-refractivity contribution < 1.29 is 19.1 Å². The van der Waals surface area contributed by atoms with E-state index in [2.05, 4.69) is 0 Å². The van der Waals surface area contributed by atoms with Gasteiger partial charge in [0.25, 0.3) is 16.7 Å². The van der Waals surface area contributed by atoms with E-state index in [-0.39, 0.29) is 10.6 Å². The summed E-state index contributed by atoms with van der Waals surface area (Å²) in [5, 5.41) is -0.521. The lowest BCUT2D eigenvalue weighted by atomic mass is 10.2. The summed E-state index contributed by atoms with van der Waals surface area (Å²) in [6.07, 6.45) is 1.60. The average Bonchev–Trinajstić information content (AvgIpc) is 3.19. The molecule has 0 atom stereocenters. The van der Waals surface area contributed by atoms with Crippen LogP contribution in [0.5, 0.6) is 11.5 Å². The lowest BCUT2D eigenvalue weighted by Crippen LogP contribution is -2.33. The van der Waals surface area contributed by atoms with E-state index < -0.39 is 16.7 Å². The second-order valence-electron chi connectivity index (χ2n) is 7.04. The van der Waals surface area contributed by atoms with Crippen molar-refractivity contribution in [2.45, 2.75) is 6.92 Å². The van der Waals surface area contributed by atoms with Crippen molar-refractivity contribution >= 4 is 34.7 Å². The van der Waals surface area contributed by atoms with Crippen LogP contribution < -0.4 is 19.9 Å². The molecule has 164 valence electrons. The number of para-hydroxylation sites is 1. The van der Waals surface area contributed by atoms with Gasteiger partial charge in [-0.05, 0) is 54.6 Å². The molecule has 9 heteroatoms. The number of carbonyl (C=O) groups excluding carboxylic acids is 2. The molecule has 8 nitrogen and oxygen atoms in total. The highest BCUT2D eigenvalue weighted by molar-refractivity contribution is 8.19. The molecule has 1 saturated heterocycles. The minimum atomic E-state index is -0.541. The number of rotatable bonds is 5. The van der Waals surface area contributed by atoms with Crippen molar-refractivity contribution in [3.8, 4) is 17.2 Å². The van der Waals surface area contributed by atoms with Crippen LogP contribution in [0.15, 0.2) is 58.2 Å². The maximum absolute atomic E-state index is 13.2. The van der Waals surface area contributed by atoms with Crippen LogP contribution >= 0.6 is 11.8 Å². The number of benzene rings is 2. The van der Waals surface area contributed by atoms with Gasteiger partial charge < -0.3 is 9.47 Å². The summed E-state index contributed by atoms with van der Waals surface area (Å²) in [6, 6.07) is 14.2. The zero-order chi connectivity index (χ0) is 23.0. The van der Waals surface area contributed by atoms with E-state index in [4.69, 9.17) is 9.47 Å². The van der Waals surface area contributed by atoms with Gasteiger partial charge in [0.05, 0.1) is 30.5 Å². The topological polar surface area (TPSA) is 82.8 Å². The lowest BCUT2D eigenvalue weighted by molar-refractivity contribution is -0.113. The van der Waals surface area contributed by atoms with E-state index >= 15 is 0 Å². The summed E-state index contributed by atoms with van der Waals surface area (Å²) >= 11 is 0.792. The Balaban J connectivity index is 1.75. The van der Waals surface area contributed by atoms with Gasteiger partial charge in [0.1, 0.15) is 5.69 Å². The minimum absolute atomic E-state index is 0.0505. The van der Waals surface area contributed by atoms with Crippen LogP contribution in [0, 0.1) is 6.92 Å². The summed E-state index contributed by atoms with van der Waals surface area (Å²) < 4.78 is 13.6. The lowest BCUT2D eigenvalue weighted by Gasteiger charge is -2.10. The smallest absolute Gasteiger partial charge is 0.298 e. The number of amides is 2. The zero-order valence-electron chi connectivity index (χ0n) is 18.0. The van der Waals surface area contributed by atoms with Crippen molar-refractivity contribution in [1.82, 2.24) is 9.36 Å². The highest BCUT2D eigenvalue weighted by Gasteiger charge is 2.40. The number of ether oxygens (including phenoxy) is 2. The van der Waals surface area contributed by atoms with Gasteiger partial charge >= 0.3 is 0 Å². The van der Waals surface area contributed by atoms with Crippen LogP contribution in [-0.4, -0.2) is 34.7 Å². The van der Waals surface area contributed by atoms with Crippen molar-refractivity contribution in [1.29, 1.82) is 0 Å². The van der Waals surface area contributed by atoms with Gasteiger partial charge in [-0.25, -0.2) is 9.58 Å². The predicted molar refractivity (Wildman–Crippen MR) is 124 cm³/mol. The number of thioether (sulfide) groups is 1. The molecule has 2 amide bonds. The molecular formula is C23H21N3O5S. The Morgan fingerprint density at radius 2 is 1.62 bits per heavy atom. The SMILES string of the molecule is COc1ccc(C=C2SC(=O)N(c3c(C)n(C)n(-c4ccccc4)c3=O)C2=O)cc1OC. The molecule has 1 aliphatic heterocycles. The number of anilines is 1. The Hall–Kier alpha value is -3.72. The molecule has 0 radical (unpaired) electrons. The van der Waals surface area contributed by atoms with E-state index in [0.717, 1.165) is 16.7 Å². The van der Waals surface area contributed by atoms with Crippen LogP contribution in [0.2, 0.25) is 0 Å². The molecular weight excluding hydrogens is 430 g/mol. The number of carbonyl (C=O) groups is 2. The minimum Gasteiger partial charge on any atom is -0.493 e. The highest BCUT2D eigenvalue weighted by Crippen LogP contribution is 2.37. The molecule has 0 spiro atoms. The number of nitrogens with zero attached hydrogens (tertiary/aromatic N) is 3. The fourth-order valence-electron chi connectivity index (χ4n) is 3.57.